The summed E-state index contributed by atoms with van der Waals surface area (Å²) in [6, 6.07) is 0. The molecule has 2 aliphatic carbocycles. The average molecular weight is 252 g/mol. The van der Waals surface area contributed by atoms with Crippen LogP contribution in [0.1, 0.15) is 64.2 Å². The number of hydrogen-bond acceptors (Lipinski definition) is 2. The van der Waals surface area contributed by atoms with Crippen LogP contribution in [0.4, 0.5) is 0 Å². The van der Waals surface area contributed by atoms with Crippen molar-refractivity contribution in [3.05, 3.63) is 0 Å². The first-order chi connectivity index (χ1) is 8.88. The molecule has 1 aliphatic heterocycles. The van der Waals surface area contributed by atoms with Crippen LogP contribution in [0.2, 0.25) is 0 Å². The highest BCUT2D eigenvalue weighted by molar-refractivity contribution is 4.88. The fourth-order valence-electron chi connectivity index (χ4n) is 4.39. The Labute approximate surface area is 111 Å². The molecule has 2 unspecified atom stereocenters. The van der Waals surface area contributed by atoms with Gasteiger partial charge in [-0.2, -0.15) is 0 Å². The topological polar surface area (TPSA) is 18.5 Å². The Kier molecular flexibility index (Phi) is 4.25. The number of ether oxygens (including phenoxy) is 2. The van der Waals surface area contributed by atoms with E-state index in [1.54, 1.807) is 0 Å². The van der Waals surface area contributed by atoms with E-state index in [1.165, 1.54) is 64.2 Å². The highest BCUT2D eigenvalue weighted by atomic mass is 16.6. The number of hydrogen-bond donors (Lipinski definition) is 0. The van der Waals surface area contributed by atoms with E-state index in [0.29, 0.717) is 0 Å². The average Bonchev–Trinajstić information content (AvgIpc) is 2.64. The smallest absolute Gasteiger partial charge is 0.0916 e. The molecule has 0 aromatic heterocycles. The van der Waals surface area contributed by atoms with Crippen molar-refractivity contribution in [1.82, 2.24) is 0 Å². The third-order valence-electron chi connectivity index (χ3n) is 5.50. The molecule has 3 fully saturated rings. The summed E-state index contributed by atoms with van der Waals surface area (Å²) in [5.74, 6) is 2.01. The van der Waals surface area contributed by atoms with E-state index < -0.39 is 0 Å². The van der Waals surface area contributed by atoms with Crippen LogP contribution in [0.25, 0.3) is 0 Å². The molecule has 0 amide bonds. The maximum Gasteiger partial charge on any atom is 0.0916 e. The maximum atomic E-state index is 6.10. The molecule has 2 atom stereocenters. The van der Waals surface area contributed by atoms with Gasteiger partial charge in [0.15, 0.2) is 0 Å². The van der Waals surface area contributed by atoms with Crippen molar-refractivity contribution >= 4 is 0 Å². The van der Waals surface area contributed by atoms with Crippen molar-refractivity contribution < 1.29 is 9.47 Å². The molecule has 2 saturated carbocycles. The van der Waals surface area contributed by atoms with Crippen molar-refractivity contribution in [1.29, 1.82) is 0 Å². The van der Waals surface area contributed by atoms with E-state index in [1.807, 2.05) is 0 Å². The molecule has 2 heteroatoms. The fourth-order valence-corrected chi connectivity index (χ4v) is 4.39. The van der Waals surface area contributed by atoms with E-state index in [-0.39, 0.29) is 5.60 Å². The zero-order valence-corrected chi connectivity index (χ0v) is 11.7. The molecule has 18 heavy (non-hydrogen) atoms. The molecular weight excluding hydrogens is 224 g/mol. The Hall–Kier alpha value is -0.0800. The van der Waals surface area contributed by atoms with Gasteiger partial charge in [-0.05, 0) is 31.1 Å². The summed E-state index contributed by atoms with van der Waals surface area (Å²) in [4.78, 5) is 0. The lowest BCUT2D eigenvalue weighted by Crippen LogP contribution is -2.42. The van der Waals surface area contributed by atoms with Gasteiger partial charge < -0.3 is 9.47 Å². The van der Waals surface area contributed by atoms with Crippen LogP contribution in [0.15, 0.2) is 0 Å². The molecule has 1 heterocycles. The molecule has 3 aliphatic rings. The van der Waals surface area contributed by atoms with E-state index in [9.17, 15) is 0 Å². The van der Waals surface area contributed by atoms with Crippen LogP contribution >= 0.6 is 0 Å². The fraction of sp³-hybridized carbons (Fsp3) is 1.00. The van der Waals surface area contributed by atoms with Crippen LogP contribution in [-0.4, -0.2) is 25.4 Å². The summed E-state index contributed by atoms with van der Waals surface area (Å²) in [6.45, 7) is 2.46. The van der Waals surface area contributed by atoms with Crippen LogP contribution in [0, 0.1) is 11.8 Å². The van der Waals surface area contributed by atoms with Crippen LogP contribution in [-0.2, 0) is 9.47 Å². The molecule has 0 aromatic rings. The normalized spacial score (nSPS) is 39.7. The van der Waals surface area contributed by atoms with Crippen molar-refractivity contribution in [3.8, 4) is 0 Å². The number of rotatable bonds is 1. The lowest BCUT2D eigenvalue weighted by atomic mass is 9.76. The van der Waals surface area contributed by atoms with Gasteiger partial charge in [-0.3, -0.25) is 0 Å². The monoisotopic (exact) mass is 252 g/mol. The standard InChI is InChI=1S/C16H28O2/c1-2-5-14(6-3-1)15-7-4-9-16(10-8-15)13-17-11-12-18-16/h14-15H,1-13H2. The molecule has 1 saturated heterocycles. The van der Waals surface area contributed by atoms with Crippen molar-refractivity contribution in [2.45, 2.75) is 69.8 Å². The molecule has 2 nitrogen and oxygen atoms in total. The predicted molar refractivity (Wildman–Crippen MR) is 72.7 cm³/mol. The summed E-state index contributed by atoms with van der Waals surface area (Å²) >= 11 is 0. The first-order valence-electron chi connectivity index (χ1n) is 8.10. The van der Waals surface area contributed by atoms with Crippen molar-refractivity contribution in [3.63, 3.8) is 0 Å². The lowest BCUT2D eigenvalue weighted by molar-refractivity contribution is -0.163. The second-order valence-corrected chi connectivity index (χ2v) is 6.67. The maximum absolute atomic E-state index is 6.10. The van der Waals surface area contributed by atoms with Crippen LogP contribution in [0.3, 0.4) is 0 Å². The van der Waals surface area contributed by atoms with E-state index in [2.05, 4.69) is 0 Å². The minimum Gasteiger partial charge on any atom is -0.376 e. The molecule has 0 bridgehead atoms. The molecule has 3 rings (SSSR count). The molecule has 1 spiro atoms. The molecule has 0 N–H and O–H groups in total. The summed E-state index contributed by atoms with van der Waals surface area (Å²) in [5.41, 5.74) is 0.0989. The summed E-state index contributed by atoms with van der Waals surface area (Å²) in [5, 5.41) is 0. The SMILES string of the molecule is C1CCC(C2CCCC3(CC2)COCCO3)CC1. The van der Waals surface area contributed by atoms with E-state index in [4.69, 9.17) is 9.47 Å². The minimum atomic E-state index is 0.0989. The van der Waals surface area contributed by atoms with Gasteiger partial charge in [0.05, 0.1) is 25.4 Å². The third-order valence-corrected chi connectivity index (χ3v) is 5.50. The quantitative estimate of drug-likeness (QED) is 0.704. The summed E-state index contributed by atoms with van der Waals surface area (Å²) in [7, 11) is 0. The molecule has 104 valence electrons. The summed E-state index contributed by atoms with van der Waals surface area (Å²) < 4.78 is 11.8. The Morgan fingerprint density at radius 2 is 1.50 bits per heavy atom. The molecule has 0 radical (unpaired) electrons. The zero-order valence-electron chi connectivity index (χ0n) is 11.7. The van der Waals surface area contributed by atoms with Gasteiger partial charge in [0.2, 0.25) is 0 Å². The van der Waals surface area contributed by atoms with E-state index in [0.717, 1.165) is 31.7 Å². The zero-order chi connectivity index (χ0) is 12.3. The lowest BCUT2D eigenvalue weighted by Gasteiger charge is -2.36. The van der Waals surface area contributed by atoms with Gasteiger partial charge in [-0.15, -0.1) is 0 Å². The third kappa shape index (κ3) is 2.91. The Bertz CT molecular complexity index is 252. The van der Waals surface area contributed by atoms with Crippen LogP contribution < -0.4 is 0 Å². The highest BCUT2D eigenvalue weighted by Crippen LogP contribution is 2.41. The predicted octanol–water partition coefficient (Wildman–Crippen LogP) is 3.93. The van der Waals surface area contributed by atoms with E-state index >= 15 is 0 Å². The van der Waals surface area contributed by atoms with Crippen molar-refractivity contribution in [2.75, 3.05) is 19.8 Å². The first kappa shape index (κ1) is 12.9. The first-order valence-corrected chi connectivity index (χ1v) is 8.10. The molecule has 0 aromatic carbocycles. The van der Waals surface area contributed by atoms with Gasteiger partial charge in [0.25, 0.3) is 0 Å². The van der Waals surface area contributed by atoms with Gasteiger partial charge in [-0.1, -0.05) is 44.9 Å². The van der Waals surface area contributed by atoms with Crippen LogP contribution in [0.5, 0.6) is 0 Å². The molecular formula is C16H28O2. The Morgan fingerprint density at radius 1 is 0.722 bits per heavy atom. The largest absolute Gasteiger partial charge is 0.376 e. The Morgan fingerprint density at radius 3 is 2.28 bits per heavy atom. The second-order valence-electron chi connectivity index (χ2n) is 6.67. The highest BCUT2D eigenvalue weighted by Gasteiger charge is 2.37. The second kappa shape index (κ2) is 5.92. The van der Waals surface area contributed by atoms with Gasteiger partial charge in [0, 0.05) is 0 Å². The van der Waals surface area contributed by atoms with Crippen molar-refractivity contribution in [2.24, 2.45) is 11.8 Å². The Balaban J connectivity index is 1.57. The van der Waals surface area contributed by atoms with Gasteiger partial charge in [-0.25, -0.2) is 0 Å². The van der Waals surface area contributed by atoms with Gasteiger partial charge >= 0.3 is 0 Å². The summed E-state index contributed by atoms with van der Waals surface area (Å²) in [6.07, 6.45) is 14.1. The minimum absolute atomic E-state index is 0.0989. The van der Waals surface area contributed by atoms with Gasteiger partial charge in [0.1, 0.15) is 0 Å².